The molecule has 3 nitrogen and oxygen atoms in total. The summed E-state index contributed by atoms with van der Waals surface area (Å²) >= 11 is 0. The molecule has 0 saturated carbocycles. The Morgan fingerprint density at radius 3 is 2.17 bits per heavy atom. The van der Waals surface area contributed by atoms with Crippen LogP contribution in [0.25, 0.3) is 11.1 Å². The van der Waals surface area contributed by atoms with E-state index in [0.29, 0.717) is 0 Å². The number of rotatable bonds is 3. The van der Waals surface area contributed by atoms with Crippen LogP contribution in [0.3, 0.4) is 0 Å². The van der Waals surface area contributed by atoms with E-state index >= 15 is 0 Å². The molecule has 3 aromatic carbocycles. The van der Waals surface area contributed by atoms with Crippen molar-refractivity contribution >= 4 is 17.3 Å². The lowest BCUT2D eigenvalue weighted by atomic mass is 10.00. The van der Waals surface area contributed by atoms with Crippen LogP contribution in [0, 0.1) is 12.3 Å². The lowest BCUT2D eigenvalue weighted by molar-refractivity contribution is 1.25. The van der Waals surface area contributed by atoms with E-state index in [0.717, 1.165) is 16.9 Å². The Kier molecular flexibility index (Phi) is 4.11. The summed E-state index contributed by atoms with van der Waals surface area (Å²) in [4.78, 5) is 1.74. The van der Waals surface area contributed by atoms with Crippen LogP contribution in [-0.4, -0.2) is 5.96 Å². The minimum atomic E-state index is -0.00173. The van der Waals surface area contributed by atoms with Crippen LogP contribution < -0.4 is 10.6 Å². The first-order valence-electron chi connectivity index (χ1n) is 7.52. The molecule has 0 spiro atoms. The second-order valence-corrected chi connectivity index (χ2v) is 5.42. The van der Waals surface area contributed by atoms with E-state index in [1.54, 1.807) is 4.90 Å². The van der Waals surface area contributed by atoms with Gasteiger partial charge in [0, 0.05) is 11.4 Å². The molecule has 0 aliphatic rings. The third-order valence-electron chi connectivity index (χ3n) is 3.82. The normalized spacial score (nSPS) is 10.3. The standard InChI is InChI=1S/C20H19N3/c1-15-8-5-6-13-19(15)16-9-7-12-18(14-16)23(20(21)22)17-10-3-2-4-11-17/h2-14H,1H3,(H3,21,22). The summed E-state index contributed by atoms with van der Waals surface area (Å²) in [6.45, 7) is 2.10. The average molecular weight is 301 g/mol. The van der Waals surface area contributed by atoms with E-state index in [9.17, 15) is 0 Å². The minimum absolute atomic E-state index is 0.00173. The molecule has 0 saturated heterocycles. The van der Waals surface area contributed by atoms with E-state index in [-0.39, 0.29) is 5.96 Å². The van der Waals surface area contributed by atoms with Crippen molar-refractivity contribution in [2.75, 3.05) is 4.90 Å². The summed E-state index contributed by atoms with van der Waals surface area (Å²) in [6.07, 6.45) is 0. The largest absolute Gasteiger partial charge is 0.369 e. The van der Waals surface area contributed by atoms with E-state index in [4.69, 9.17) is 11.1 Å². The summed E-state index contributed by atoms with van der Waals surface area (Å²) in [7, 11) is 0. The predicted octanol–water partition coefficient (Wildman–Crippen LogP) is 4.69. The van der Waals surface area contributed by atoms with Crippen LogP contribution in [-0.2, 0) is 0 Å². The Morgan fingerprint density at radius 2 is 1.48 bits per heavy atom. The number of guanidine groups is 1. The molecular weight excluding hydrogens is 282 g/mol. The molecule has 0 fully saturated rings. The molecule has 3 rings (SSSR count). The highest BCUT2D eigenvalue weighted by Gasteiger charge is 2.13. The van der Waals surface area contributed by atoms with E-state index in [1.165, 1.54) is 11.1 Å². The maximum Gasteiger partial charge on any atom is 0.197 e. The zero-order chi connectivity index (χ0) is 16.2. The molecular formula is C20H19N3. The molecule has 114 valence electrons. The molecule has 0 aliphatic carbocycles. The molecule has 0 aromatic heterocycles. The number of hydrogen-bond acceptors (Lipinski definition) is 1. The number of benzene rings is 3. The number of anilines is 2. The molecule has 0 aliphatic heterocycles. The highest BCUT2D eigenvalue weighted by molar-refractivity contribution is 6.00. The topological polar surface area (TPSA) is 53.1 Å². The third kappa shape index (κ3) is 3.09. The van der Waals surface area contributed by atoms with Gasteiger partial charge in [0.1, 0.15) is 0 Å². The third-order valence-corrected chi connectivity index (χ3v) is 3.82. The van der Waals surface area contributed by atoms with Crippen molar-refractivity contribution in [2.24, 2.45) is 5.73 Å². The highest BCUT2D eigenvalue weighted by atomic mass is 15.2. The summed E-state index contributed by atoms with van der Waals surface area (Å²) < 4.78 is 0. The van der Waals surface area contributed by atoms with Gasteiger partial charge in [-0.2, -0.15) is 0 Å². The maximum atomic E-state index is 7.95. The fraction of sp³-hybridized carbons (Fsp3) is 0.0500. The van der Waals surface area contributed by atoms with E-state index in [1.807, 2.05) is 54.6 Å². The van der Waals surface area contributed by atoms with Crippen LogP contribution >= 0.6 is 0 Å². The van der Waals surface area contributed by atoms with Crippen molar-refractivity contribution < 1.29 is 0 Å². The molecule has 0 unspecified atom stereocenters. The smallest absolute Gasteiger partial charge is 0.197 e. The van der Waals surface area contributed by atoms with Crippen molar-refractivity contribution in [2.45, 2.75) is 6.92 Å². The van der Waals surface area contributed by atoms with Crippen LogP contribution in [0.15, 0.2) is 78.9 Å². The van der Waals surface area contributed by atoms with Crippen LogP contribution in [0.5, 0.6) is 0 Å². The Morgan fingerprint density at radius 1 is 0.826 bits per heavy atom. The van der Waals surface area contributed by atoms with E-state index in [2.05, 4.69) is 31.2 Å². The summed E-state index contributed by atoms with van der Waals surface area (Å²) in [5, 5.41) is 7.95. The van der Waals surface area contributed by atoms with Gasteiger partial charge in [0.05, 0.1) is 0 Å². The Hall–Kier alpha value is -3.07. The number of nitrogens with zero attached hydrogens (tertiary/aromatic N) is 1. The summed E-state index contributed by atoms with van der Waals surface area (Å²) in [6, 6.07) is 26.1. The molecule has 3 aromatic rings. The van der Waals surface area contributed by atoms with Crippen LogP contribution in [0.4, 0.5) is 11.4 Å². The molecule has 0 atom stereocenters. The first-order valence-corrected chi connectivity index (χ1v) is 7.52. The van der Waals surface area contributed by atoms with Gasteiger partial charge in [-0.15, -0.1) is 0 Å². The summed E-state index contributed by atoms with van der Waals surface area (Å²) in [5.41, 5.74) is 11.1. The Bertz CT molecular complexity index is 825. The molecule has 0 amide bonds. The first kappa shape index (κ1) is 14.9. The van der Waals surface area contributed by atoms with Gasteiger partial charge in [0.15, 0.2) is 5.96 Å². The number of hydrogen-bond donors (Lipinski definition) is 2. The van der Waals surface area contributed by atoms with Crippen LogP contribution in [0.2, 0.25) is 0 Å². The zero-order valence-corrected chi connectivity index (χ0v) is 13.0. The van der Waals surface area contributed by atoms with Crippen molar-refractivity contribution in [3.8, 4) is 11.1 Å². The monoisotopic (exact) mass is 301 g/mol. The van der Waals surface area contributed by atoms with Gasteiger partial charge in [-0.3, -0.25) is 10.3 Å². The molecule has 0 bridgehead atoms. The van der Waals surface area contributed by atoms with Gasteiger partial charge < -0.3 is 5.73 Å². The number of aryl methyl sites for hydroxylation is 1. The Labute approximate surface area is 136 Å². The SMILES string of the molecule is Cc1ccccc1-c1cccc(N(C(=N)N)c2ccccc2)c1. The minimum Gasteiger partial charge on any atom is -0.369 e. The molecule has 0 radical (unpaired) electrons. The number of nitrogens with two attached hydrogens (primary N) is 1. The van der Waals surface area contributed by atoms with Gasteiger partial charge in [0.25, 0.3) is 0 Å². The van der Waals surface area contributed by atoms with Gasteiger partial charge in [-0.25, -0.2) is 0 Å². The molecule has 23 heavy (non-hydrogen) atoms. The molecule has 3 N–H and O–H groups in total. The highest BCUT2D eigenvalue weighted by Crippen LogP contribution is 2.30. The molecule has 3 heteroatoms. The fourth-order valence-electron chi connectivity index (χ4n) is 2.71. The van der Waals surface area contributed by atoms with Crippen molar-refractivity contribution in [1.29, 1.82) is 5.41 Å². The Balaban J connectivity index is 2.08. The second-order valence-electron chi connectivity index (χ2n) is 5.42. The van der Waals surface area contributed by atoms with Crippen LogP contribution in [0.1, 0.15) is 5.56 Å². The van der Waals surface area contributed by atoms with Crippen molar-refractivity contribution in [1.82, 2.24) is 0 Å². The maximum absolute atomic E-state index is 7.95. The zero-order valence-electron chi connectivity index (χ0n) is 13.0. The lowest BCUT2D eigenvalue weighted by Crippen LogP contribution is -2.32. The second kappa shape index (κ2) is 6.36. The van der Waals surface area contributed by atoms with Gasteiger partial charge >= 0.3 is 0 Å². The first-order chi connectivity index (χ1) is 11.2. The van der Waals surface area contributed by atoms with Gasteiger partial charge in [-0.05, 0) is 47.9 Å². The summed E-state index contributed by atoms with van der Waals surface area (Å²) in [5.74, 6) is -0.00173. The number of nitrogens with one attached hydrogen (secondary N) is 1. The van der Waals surface area contributed by atoms with E-state index < -0.39 is 0 Å². The van der Waals surface area contributed by atoms with Gasteiger partial charge in [0.2, 0.25) is 0 Å². The number of para-hydroxylation sites is 1. The predicted molar refractivity (Wildman–Crippen MR) is 97.1 cm³/mol. The van der Waals surface area contributed by atoms with Gasteiger partial charge in [-0.1, -0.05) is 54.6 Å². The fourth-order valence-corrected chi connectivity index (χ4v) is 2.71. The van der Waals surface area contributed by atoms with Crippen molar-refractivity contribution in [3.05, 3.63) is 84.4 Å². The lowest BCUT2D eigenvalue weighted by Gasteiger charge is -2.23. The molecule has 0 heterocycles. The van der Waals surface area contributed by atoms with Crippen molar-refractivity contribution in [3.63, 3.8) is 0 Å². The quantitative estimate of drug-likeness (QED) is 0.544. The average Bonchev–Trinajstić information content (AvgIpc) is 2.56.